The van der Waals surface area contributed by atoms with E-state index in [0.717, 1.165) is 70.2 Å². The van der Waals surface area contributed by atoms with E-state index in [1.54, 1.807) is 13.2 Å². The zero-order valence-electron chi connectivity index (χ0n) is 17.3. The van der Waals surface area contributed by atoms with Crippen molar-refractivity contribution >= 4 is 23.3 Å². The number of nitrogens with zero attached hydrogens (tertiary/aromatic N) is 5. The third-order valence-electron chi connectivity index (χ3n) is 6.04. The van der Waals surface area contributed by atoms with Crippen molar-refractivity contribution in [1.82, 2.24) is 20.0 Å². The molecule has 1 aromatic heterocycles. The second-order valence-corrected chi connectivity index (χ2v) is 8.31. The third-order valence-corrected chi connectivity index (χ3v) is 6.24. The second kappa shape index (κ2) is 9.62. The van der Waals surface area contributed by atoms with Crippen LogP contribution < -0.4 is 9.64 Å². The van der Waals surface area contributed by atoms with E-state index in [-0.39, 0.29) is 5.92 Å². The Bertz CT molecular complexity index is 830. The lowest BCUT2D eigenvalue weighted by Crippen LogP contribution is -2.51. The molecule has 30 heavy (non-hydrogen) atoms. The van der Waals surface area contributed by atoms with Gasteiger partial charge in [0.1, 0.15) is 5.75 Å². The molecule has 160 valence electrons. The zero-order valence-corrected chi connectivity index (χ0v) is 18.1. The first-order valence-electron chi connectivity index (χ1n) is 10.5. The summed E-state index contributed by atoms with van der Waals surface area (Å²) in [6.45, 7) is 5.99. The molecule has 2 saturated heterocycles. The number of carbonyl (C=O) groups excluding carboxylic acids is 1. The fraction of sp³-hybridized carbons (Fsp3) is 0.500. The monoisotopic (exact) mass is 429 g/mol. The van der Waals surface area contributed by atoms with Gasteiger partial charge in [-0.1, -0.05) is 23.7 Å². The van der Waals surface area contributed by atoms with Gasteiger partial charge in [0.2, 0.25) is 5.91 Å². The minimum atomic E-state index is 0.106. The van der Waals surface area contributed by atoms with Crippen molar-refractivity contribution in [2.75, 3.05) is 51.3 Å². The van der Waals surface area contributed by atoms with Crippen LogP contribution in [0.3, 0.4) is 0 Å². The zero-order chi connectivity index (χ0) is 20.9. The van der Waals surface area contributed by atoms with Crippen LogP contribution in [0.2, 0.25) is 5.15 Å². The molecule has 2 fully saturated rings. The molecular weight excluding hydrogens is 402 g/mol. The normalized spacial score (nSPS) is 18.5. The first kappa shape index (κ1) is 20.9. The van der Waals surface area contributed by atoms with Crippen LogP contribution in [0.15, 0.2) is 36.4 Å². The number of halogens is 1. The van der Waals surface area contributed by atoms with E-state index in [0.29, 0.717) is 11.1 Å². The lowest BCUT2D eigenvalue weighted by Gasteiger charge is -2.38. The fourth-order valence-corrected chi connectivity index (χ4v) is 4.31. The van der Waals surface area contributed by atoms with Crippen molar-refractivity contribution in [2.45, 2.75) is 19.4 Å². The lowest BCUT2D eigenvalue weighted by molar-refractivity contribution is -0.138. The number of anilines is 1. The summed E-state index contributed by atoms with van der Waals surface area (Å²) < 4.78 is 5.22. The number of piperidine rings is 1. The first-order valence-corrected chi connectivity index (χ1v) is 10.9. The van der Waals surface area contributed by atoms with E-state index in [1.807, 2.05) is 23.1 Å². The molecule has 0 bridgehead atoms. The summed E-state index contributed by atoms with van der Waals surface area (Å²) in [5, 5.41) is 8.46. The van der Waals surface area contributed by atoms with Crippen LogP contribution >= 0.6 is 11.6 Å². The quantitative estimate of drug-likeness (QED) is 0.728. The highest BCUT2D eigenvalue weighted by Crippen LogP contribution is 2.24. The Kier molecular flexibility index (Phi) is 6.69. The number of methoxy groups -OCH3 is 1. The first-order chi connectivity index (χ1) is 14.6. The van der Waals surface area contributed by atoms with Gasteiger partial charge in [-0.2, -0.15) is 0 Å². The molecule has 0 N–H and O–H groups in total. The van der Waals surface area contributed by atoms with Crippen molar-refractivity contribution in [2.24, 2.45) is 5.92 Å². The number of aromatic nitrogens is 2. The molecule has 7 nitrogen and oxygen atoms in total. The van der Waals surface area contributed by atoms with E-state index in [9.17, 15) is 4.79 Å². The highest BCUT2D eigenvalue weighted by Gasteiger charge is 2.30. The standard InChI is InChI=1S/C22H28ClN5O2/c1-30-19-4-2-17(3-5-19)16-26-12-14-28(15-13-26)22(29)18-8-10-27(11-9-18)21-7-6-20(23)24-25-21/h2-7,18H,8-16H2,1H3. The van der Waals surface area contributed by atoms with Gasteiger partial charge in [0.25, 0.3) is 0 Å². The molecule has 1 amide bonds. The number of carbonyl (C=O) groups is 1. The number of amides is 1. The molecule has 2 aliphatic heterocycles. The summed E-state index contributed by atoms with van der Waals surface area (Å²) in [4.78, 5) is 19.6. The van der Waals surface area contributed by atoms with E-state index < -0.39 is 0 Å². The van der Waals surface area contributed by atoms with E-state index in [2.05, 4.69) is 32.1 Å². The van der Waals surface area contributed by atoms with Crippen molar-refractivity contribution in [3.63, 3.8) is 0 Å². The van der Waals surface area contributed by atoms with Gasteiger partial charge in [-0.05, 0) is 42.7 Å². The fourth-order valence-electron chi connectivity index (χ4n) is 4.21. The summed E-state index contributed by atoms with van der Waals surface area (Å²) in [7, 11) is 1.68. The van der Waals surface area contributed by atoms with Crippen LogP contribution in [0.1, 0.15) is 18.4 Å². The Morgan fingerprint density at radius 3 is 2.30 bits per heavy atom. The topological polar surface area (TPSA) is 61.8 Å². The average molecular weight is 430 g/mol. The van der Waals surface area contributed by atoms with Gasteiger partial charge < -0.3 is 14.5 Å². The molecule has 4 rings (SSSR count). The largest absolute Gasteiger partial charge is 0.497 e. The Labute approximate surface area is 182 Å². The summed E-state index contributed by atoms with van der Waals surface area (Å²) >= 11 is 5.82. The van der Waals surface area contributed by atoms with Crippen LogP contribution in [0.25, 0.3) is 0 Å². The number of hydrogen-bond donors (Lipinski definition) is 0. The average Bonchev–Trinajstić information content (AvgIpc) is 2.80. The highest BCUT2D eigenvalue weighted by atomic mass is 35.5. The van der Waals surface area contributed by atoms with Gasteiger partial charge in [-0.3, -0.25) is 9.69 Å². The number of piperazine rings is 1. The Morgan fingerprint density at radius 2 is 1.70 bits per heavy atom. The maximum Gasteiger partial charge on any atom is 0.225 e. The SMILES string of the molecule is COc1ccc(CN2CCN(C(=O)C3CCN(c4ccc(Cl)nn4)CC3)CC2)cc1. The van der Waals surface area contributed by atoms with Gasteiger partial charge >= 0.3 is 0 Å². The van der Waals surface area contributed by atoms with Crippen LogP contribution in [-0.4, -0.2) is 72.3 Å². The van der Waals surface area contributed by atoms with Crippen LogP contribution in [-0.2, 0) is 11.3 Å². The molecule has 0 unspecified atom stereocenters. The van der Waals surface area contributed by atoms with Gasteiger partial charge in [-0.15, -0.1) is 10.2 Å². The summed E-state index contributed by atoms with van der Waals surface area (Å²) in [5.41, 5.74) is 1.27. The Hall–Kier alpha value is -2.38. The van der Waals surface area contributed by atoms with E-state index in [1.165, 1.54) is 5.56 Å². The summed E-state index contributed by atoms with van der Waals surface area (Å²) in [5.74, 6) is 2.12. The minimum absolute atomic E-state index is 0.106. The highest BCUT2D eigenvalue weighted by molar-refractivity contribution is 6.29. The van der Waals surface area contributed by atoms with Crippen molar-refractivity contribution in [1.29, 1.82) is 0 Å². The molecule has 0 radical (unpaired) electrons. The predicted molar refractivity (Wildman–Crippen MR) is 117 cm³/mol. The number of benzene rings is 1. The van der Waals surface area contributed by atoms with Crippen LogP contribution in [0.4, 0.5) is 5.82 Å². The molecule has 3 heterocycles. The smallest absolute Gasteiger partial charge is 0.225 e. The number of hydrogen-bond acceptors (Lipinski definition) is 6. The molecule has 1 aromatic carbocycles. The van der Waals surface area contributed by atoms with Crippen LogP contribution in [0, 0.1) is 5.92 Å². The third kappa shape index (κ3) is 5.02. The van der Waals surface area contributed by atoms with E-state index in [4.69, 9.17) is 16.3 Å². The Balaban J connectivity index is 1.23. The summed E-state index contributed by atoms with van der Waals surface area (Å²) in [6.07, 6.45) is 1.71. The molecule has 0 saturated carbocycles. The van der Waals surface area contributed by atoms with Gasteiger partial charge in [0.15, 0.2) is 11.0 Å². The maximum absolute atomic E-state index is 13.0. The molecule has 2 aromatic rings. The molecule has 8 heteroatoms. The maximum atomic E-state index is 13.0. The molecule has 0 aliphatic carbocycles. The van der Waals surface area contributed by atoms with Crippen molar-refractivity contribution < 1.29 is 9.53 Å². The second-order valence-electron chi connectivity index (χ2n) is 7.93. The Morgan fingerprint density at radius 1 is 1.00 bits per heavy atom. The van der Waals surface area contributed by atoms with Crippen molar-refractivity contribution in [3.05, 3.63) is 47.1 Å². The molecule has 0 atom stereocenters. The number of ether oxygens (including phenoxy) is 1. The number of rotatable bonds is 5. The lowest BCUT2D eigenvalue weighted by atomic mass is 9.95. The molecule has 2 aliphatic rings. The molecule has 0 spiro atoms. The van der Waals surface area contributed by atoms with Crippen LogP contribution in [0.5, 0.6) is 5.75 Å². The van der Waals surface area contributed by atoms with Gasteiger partial charge in [-0.25, -0.2) is 0 Å². The predicted octanol–water partition coefficient (Wildman–Crippen LogP) is 2.70. The minimum Gasteiger partial charge on any atom is -0.497 e. The van der Waals surface area contributed by atoms with Gasteiger partial charge in [0.05, 0.1) is 7.11 Å². The van der Waals surface area contributed by atoms with E-state index >= 15 is 0 Å². The molecular formula is C22H28ClN5O2. The summed E-state index contributed by atoms with van der Waals surface area (Å²) in [6, 6.07) is 11.9. The van der Waals surface area contributed by atoms with Gasteiger partial charge in [0, 0.05) is 51.7 Å². The van der Waals surface area contributed by atoms with Crippen molar-refractivity contribution in [3.8, 4) is 5.75 Å².